The summed E-state index contributed by atoms with van der Waals surface area (Å²) in [5, 5.41) is 7.43. The van der Waals surface area contributed by atoms with Gasteiger partial charge >= 0.3 is 0 Å². The predicted octanol–water partition coefficient (Wildman–Crippen LogP) is 2.81. The standard InChI is InChI=1S/C16H25N5/c1-16(2,3)14-13(9-19-20-14)11-21-8-4-5-12(10-21)15-17-6-7-18-15/h6-7,9,12H,4-5,8,10-11H2,1-3H3,(H,17,18)(H,19,20). The van der Waals surface area contributed by atoms with Gasteiger partial charge in [0.05, 0.1) is 6.20 Å². The van der Waals surface area contributed by atoms with Crippen LogP contribution in [-0.4, -0.2) is 38.2 Å². The second kappa shape index (κ2) is 5.64. The molecule has 0 saturated carbocycles. The molecule has 1 saturated heterocycles. The van der Waals surface area contributed by atoms with Crippen LogP contribution in [0.4, 0.5) is 0 Å². The minimum absolute atomic E-state index is 0.113. The van der Waals surface area contributed by atoms with E-state index in [0.29, 0.717) is 5.92 Å². The number of nitrogens with one attached hydrogen (secondary N) is 2. The highest BCUT2D eigenvalue weighted by molar-refractivity contribution is 5.23. The Balaban J connectivity index is 1.69. The molecule has 3 rings (SSSR count). The van der Waals surface area contributed by atoms with Gasteiger partial charge in [0.25, 0.3) is 0 Å². The predicted molar refractivity (Wildman–Crippen MR) is 83.1 cm³/mol. The third kappa shape index (κ3) is 3.18. The van der Waals surface area contributed by atoms with Crippen LogP contribution in [0, 0.1) is 0 Å². The van der Waals surface area contributed by atoms with Crippen molar-refractivity contribution in [3.63, 3.8) is 0 Å². The number of rotatable bonds is 3. The van der Waals surface area contributed by atoms with Crippen LogP contribution < -0.4 is 0 Å². The number of aromatic amines is 2. The van der Waals surface area contributed by atoms with E-state index in [1.54, 1.807) is 0 Å². The molecule has 21 heavy (non-hydrogen) atoms. The number of aromatic nitrogens is 4. The number of nitrogens with zero attached hydrogens (tertiary/aromatic N) is 3. The fraction of sp³-hybridized carbons (Fsp3) is 0.625. The van der Waals surface area contributed by atoms with E-state index in [-0.39, 0.29) is 5.41 Å². The summed E-state index contributed by atoms with van der Waals surface area (Å²) in [6, 6.07) is 0. The maximum Gasteiger partial charge on any atom is 0.110 e. The lowest BCUT2D eigenvalue weighted by atomic mass is 9.89. The van der Waals surface area contributed by atoms with Gasteiger partial charge in [0, 0.05) is 48.1 Å². The molecular weight excluding hydrogens is 262 g/mol. The molecule has 114 valence electrons. The summed E-state index contributed by atoms with van der Waals surface area (Å²) < 4.78 is 0. The van der Waals surface area contributed by atoms with Gasteiger partial charge in [-0.05, 0) is 19.4 Å². The molecule has 0 radical (unpaired) electrons. The molecule has 2 aromatic rings. The number of hydrogen-bond acceptors (Lipinski definition) is 3. The normalized spacial score (nSPS) is 20.8. The first-order valence-electron chi connectivity index (χ1n) is 7.78. The first kappa shape index (κ1) is 14.3. The van der Waals surface area contributed by atoms with Gasteiger partial charge in [0.2, 0.25) is 0 Å². The van der Waals surface area contributed by atoms with Gasteiger partial charge in [-0.1, -0.05) is 20.8 Å². The van der Waals surface area contributed by atoms with Crippen LogP contribution >= 0.6 is 0 Å². The average Bonchev–Trinajstić information content (AvgIpc) is 3.09. The fourth-order valence-electron chi connectivity index (χ4n) is 3.24. The second-order valence-electron chi connectivity index (χ2n) is 7.07. The van der Waals surface area contributed by atoms with Crippen LogP contribution in [0.3, 0.4) is 0 Å². The third-order valence-corrected chi connectivity index (χ3v) is 4.27. The van der Waals surface area contributed by atoms with Gasteiger partial charge < -0.3 is 4.98 Å². The average molecular weight is 287 g/mol. The smallest absolute Gasteiger partial charge is 0.110 e. The molecule has 0 spiro atoms. The van der Waals surface area contributed by atoms with Crippen molar-refractivity contribution < 1.29 is 0 Å². The van der Waals surface area contributed by atoms with Gasteiger partial charge in [-0.25, -0.2) is 4.98 Å². The molecule has 1 aliphatic rings. The highest BCUT2D eigenvalue weighted by Gasteiger charge is 2.26. The van der Waals surface area contributed by atoms with Gasteiger partial charge in [-0.2, -0.15) is 5.10 Å². The minimum atomic E-state index is 0.113. The topological polar surface area (TPSA) is 60.6 Å². The monoisotopic (exact) mass is 287 g/mol. The highest BCUT2D eigenvalue weighted by Crippen LogP contribution is 2.28. The van der Waals surface area contributed by atoms with Crippen molar-refractivity contribution in [2.24, 2.45) is 0 Å². The molecule has 1 fully saturated rings. The zero-order chi connectivity index (χ0) is 14.9. The third-order valence-electron chi connectivity index (χ3n) is 4.27. The maximum atomic E-state index is 4.43. The summed E-state index contributed by atoms with van der Waals surface area (Å²) in [6.07, 6.45) is 8.21. The summed E-state index contributed by atoms with van der Waals surface area (Å²) in [5.41, 5.74) is 2.69. The molecule has 1 atom stereocenters. The number of hydrogen-bond donors (Lipinski definition) is 2. The first-order valence-corrected chi connectivity index (χ1v) is 7.78. The van der Waals surface area contributed by atoms with E-state index < -0.39 is 0 Å². The SMILES string of the molecule is CC(C)(C)c1[nH]ncc1CN1CCCC(c2ncc[nH]2)C1. The molecule has 2 N–H and O–H groups in total. The van der Waals surface area contributed by atoms with Crippen molar-refractivity contribution in [2.45, 2.75) is 51.5 Å². The Bertz CT molecular complexity index is 564. The molecule has 0 amide bonds. The maximum absolute atomic E-state index is 4.43. The largest absolute Gasteiger partial charge is 0.348 e. The van der Waals surface area contributed by atoms with Crippen molar-refractivity contribution in [3.8, 4) is 0 Å². The number of H-pyrrole nitrogens is 2. The zero-order valence-corrected chi connectivity index (χ0v) is 13.2. The Kier molecular flexibility index (Phi) is 3.85. The minimum Gasteiger partial charge on any atom is -0.348 e. The molecule has 0 aromatic carbocycles. The lowest BCUT2D eigenvalue weighted by Gasteiger charge is -2.32. The van der Waals surface area contributed by atoms with E-state index in [1.165, 1.54) is 24.1 Å². The van der Waals surface area contributed by atoms with Crippen LogP contribution in [-0.2, 0) is 12.0 Å². The Morgan fingerprint density at radius 3 is 2.95 bits per heavy atom. The van der Waals surface area contributed by atoms with Gasteiger partial charge in [0.1, 0.15) is 5.82 Å². The van der Waals surface area contributed by atoms with Gasteiger partial charge in [-0.15, -0.1) is 0 Å². The molecule has 0 bridgehead atoms. The van der Waals surface area contributed by atoms with Crippen molar-refractivity contribution in [1.29, 1.82) is 0 Å². The molecule has 2 aromatic heterocycles. The number of likely N-dealkylation sites (tertiary alicyclic amines) is 1. The summed E-state index contributed by atoms with van der Waals surface area (Å²) in [5.74, 6) is 1.65. The van der Waals surface area contributed by atoms with Crippen molar-refractivity contribution >= 4 is 0 Å². The van der Waals surface area contributed by atoms with Crippen LogP contribution in [0.1, 0.15) is 56.6 Å². The second-order valence-corrected chi connectivity index (χ2v) is 7.07. The van der Waals surface area contributed by atoms with Gasteiger partial charge in [-0.3, -0.25) is 10.00 Å². The summed E-state index contributed by atoms with van der Waals surface area (Å²) >= 11 is 0. The van der Waals surface area contributed by atoms with Gasteiger partial charge in [0.15, 0.2) is 0 Å². The quantitative estimate of drug-likeness (QED) is 0.912. The van der Waals surface area contributed by atoms with E-state index in [2.05, 4.69) is 45.8 Å². The van der Waals surface area contributed by atoms with Crippen LogP contribution in [0.15, 0.2) is 18.6 Å². The molecule has 1 aliphatic heterocycles. The lowest BCUT2D eigenvalue weighted by Crippen LogP contribution is -2.34. The van der Waals surface area contributed by atoms with E-state index in [4.69, 9.17) is 0 Å². The molecule has 0 aliphatic carbocycles. The van der Waals surface area contributed by atoms with Crippen molar-refractivity contribution in [1.82, 2.24) is 25.1 Å². The van der Waals surface area contributed by atoms with E-state index in [1.807, 2.05) is 18.6 Å². The van der Waals surface area contributed by atoms with Crippen LogP contribution in [0.5, 0.6) is 0 Å². The van der Waals surface area contributed by atoms with E-state index >= 15 is 0 Å². The molecule has 1 unspecified atom stereocenters. The van der Waals surface area contributed by atoms with Crippen molar-refractivity contribution in [3.05, 3.63) is 35.7 Å². The Hall–Kier alpha value is -1.62. The van der Waals surface area contributed by atoms with Crippen molar-refractivity contribution in [2.75, 3.05) is 13.1 Å². The van der Waals surface area contributed by atoms with Crippen LogP contribution in [0.2, 0.25) is 0 Å². The molecular formula is C16H25N5. The summed E-state index contributed by atoms with van der Waals surface area (Å²) in [4.78, 5) is 10.2. The summed E-state index contributed by atoms with van der Waals surface area (Å²) in [7, 11) is 0. The lowest BCUT2D eigenvalue weighted by molar-refractivity contribution is 0.196. The molecule has 3 heterocycles. The first-order chi connectivity index (χ1) is 10.0. The molecule has 5 heteroatoms. The summed E-state index contributed by atoms with van der Waals surface area (Å²) in [6.45, 7) is 9.89. The van der Waals surface area contributed by atoms with Crippen LogP contribution in [0.25, 0.3) is 0 Å². The number of imidazole rings is 1. The highest BCUT2D eigenvalue weighted by atomic mass is 15.2. The molecule has 5 nitrogen and oxygen atoms in total. The Labute approximate surface area is 126 Å². The zero-order valence-electron chi connectivity index (χ0n) is 13.2. The van der Waals surface area contributed by atoms with E-state index in [9.17, 15) is 0 Å². The van der Waals surface area contributed by atoms with E-state index in [0.717, 1.165) is 25.5 Å². The Morgan fingerprint density at radius 2 is 2.24 bits per heavy atom. The number of piperidine rings is 1. The fourth-order valence-corrected chi connectivity index (χ4v) is 3.24. The Morgan fingerprint density at radius 1 is 1.38 bits per heavy atom.